The minimum atomic E-state index is -4.27. The normalized spacial score (nSPS) is 13.2. The number of aromatic nitrogens is 2. The molecule has 9 heteroatoms. The average molecular weight is 316 g/mol. The summed E-state index contributed by atoms with van der Waals surface area (Å²) in [6.07, 6.45) is 0. The van der Waals surface area contributed by atoms with E-state index in [0.29, 0.717) is 11.0 Å². The highest BCUT2D eigenvalue weighted by atomic mass is 35.6. The van der Waals surface area contributed by atoms with Crippen molar-refractivity contribution in [3.63, 3.8) is 0 Å². The lowest BCUT2D eigenvalue weighted by molar-refractivity contribution is 0.483. The molecule has 0 aliphatic rings. The Morgan fingerprint density at radius 3 is 2.47 bits per heavy atom. The maximum atomic E-state index is 10.9. The molecule has 2 aromatic rings. The number of H-pyrrole nitrogens is 1. The number of benzene rings is 1. The molecule has 0 aliphatic carbocycles. The molecule has 92 valence electrons. The summed E-state index contributed by atoms with van der Waals surface area (Å²) in [5, 5.41) is 0. The van der Waals surface area contributed by atoms with Gasteiger partial charge in [0.05, 0.1) is 15.9 Å². The van der Waals surface area contributed by atoms with Crippen LogP contribution in [0.25, 0.3) is 11.0 Å². The van der Waals surface area contributed by atoms with E-state index >= 15 is 0 Å². The number of halogens is 3. The highest BCUT2D eigenvalue weighted by molar-refractivity contribution is 7.85. The van der Waals surface area contributed by atoms with E-state index in [9.17, 15) is 8.42 Å². The van der Waals surface area contributed by atoms with Crippen molar-refractivity contribution in [1.29, 1.82) is 0 Å². The summed E-state index contributed by atoms with van der Waals surface area (Å²) in [6.45, 7) is 0. The fourth-order valence-corrected chi connectivity index (χ4v) is 2.06. The first kappa shape index (κ1) is 12.9. The Hall–Kier alpha value is -0.530. The van der Waals surface area contributed by atoms with Gasteiger partial charge in [0.15, 0.2) is 5.82 Å². The Morgan fingerprint density at radius 2 is 1.94 bits per heavy atom. The standard InChI is InChI=1S/C8H5Cl3N2O3S/c9-8(10,11)7-12-5-2-1-4(17(14,15)16)3-6(5)13-7/h1-3H,(H,12,13)(H,14,15,16). The average Bonchev–Trinajstić information content (AvgIpc) is 2.57. The third kappa shape index (κ3) is 2.66. The van der Waals surface area contributed by atoms with E-state index in [1.165, 1.54) is 18.2 Å². The van der Waals surface area contributed by atoms with Crippen molar-refractivity contribution in [3.8, 4) is 0 Å². The van der Waals surface area contributed by atoms with Crippen LogP contribution in [-0.4, -0.2) is 22.9 Å². The summed E-state index contributed by atoms with van der Waals surface area (Å²) in [5.41, 5.74) is 0.778. The molecule has 0 radical (unpaired) electrons. The number of nitrogens with one attached hydrogen (secondary N) is 1. The van der Waals surface area contributed by atoms with Gasteiger partial charge in [0.25, 0.3) is 10.1 Å². The van der Waals surface area contributed by atoms with Crippen LogP contribution in [0, 0.1) is 0 Å². The largest absolute Gasteiger partial charge is 0.338 e. The summed E-state index contributed by atoms with van der Waals surface area (Å²) in [4.78, 5) is 6.39. The van der Waals surface area contributed by atoms with E-state index in [0.717, 1.165) is 0 Å². The minimum Gasteiger partial charge on any atom is -0.338 e. The number of alkyl halides is 3. The monoisotopic (exact) mass is 314 g/mol. The summed E-state index contributed by atoms with van der Waals surface area (Å²) in [5.74, 6) is 0.0741. The fraction of sp³-hybridized carbons (Fsp3) is 0.125. The molecule has 0 saturated heterocycles. The molecule has 0 saturated carbocycles. The number of aromatic amines is 1. The second kappa shape index (κ2) is 4.00. The van der Waals surface area contributed by atoms with E-state index in [4.69, 9.17) is 39.4 Å². The van der Waals surface area contributed by atoms with Gasteiger partial charge >= 0.3 is 0 Å². The van der Waals surface area contributed by atoms with E-state index in [1.807, 2.05) is 0 Å². The van der Waals surface area contributed by atoms with Crippen molar-refractivity contribution < 1.29 is 13.0 Å². The highest BCUT2D eigenvalue weighted by Gasteiger charge is 2.27. The van der Waals surface area contributed by atoms with Crippen LogP contribution in [0.1, 0.15) is 5.82 Å². The first-order valence-electron chi connectivity index (χ1n) is 4.22. The maximum Gasteiger partial charge on any atom is 0.294 e. The van der Waals surface area contributed by atoms with E-state index in [2.05, 4.69) is 9.97 Å². The molecule has 0 spiro atoms. The quantitative estimate of drug-likeness (QED) is 0.626. The topological polar surface area (TPSA) is 83.1 Å². The lowest BCUT2D eigenvalue weighted by Gasteiger charge is -2.04. The summed E-state index contributed by atoms with van der Waals surface area (Å²) < 4.78 is 29.0. The Balaban J connectivity index is 2.64. The minimum absolute atomic E-state index is 0.0741. The molecule has 5 nitrogen and oxygen atoms in total. The zero-order valence-electron chi connectivity index (χ0n) is 7.99. The van der Waals surface area contributed by atoms with Gasteiger partial charge in [0.1, 0.15) is 0 Å². The number of fused-ring (bicyclic) bond motifs is 1. The maximum absolute atomic E-state index is 10.9. The molecule has 2 N–H and O–H groups in total. The molecule has 0 fully saturated rings. The van der Waals surface area contributed by atoms with Crippen LogP contribution in [0.3, 0.4) is 0 Å². The van der Waals surface area contributed by atoms with Gasteiger partial charge in [-0.3, -0.25) is 4.55 Å². The Labute approximate surface area is 111 Å². The lowest BCUT2D eigenvalue weighted by atomic mass is 10.3. The smallest absolute Gasteiger partial charge is 0.294 e. The second-order valence-electron chi connectivity index (χ2n) is 3.24. The van der Waals surface area contributed by atoms with E-state index in [-0.39, 0.29) is 10.7 Å². The lowest BCUT2D eigenvalue weighted by Crippen LogP contribution is -2.02. The van der Waals surface area contributed by atoms with E-state index in [1.54, 1.807) is 0 Å². The molecule has 0 atom stereocenters. The zero-order chi connectivity index (χ0) is 12.8. The number of rotatable bonds is 1. The van der Waals surface area contributed by atoms with Gasteiger partial charge in [-0.25, -0.2) is 4.98 Å². The van der Waals surface area contributed by atoms with Crippen LogP contribution < -0.4 is 0 Å². The molecule has 17 heavy (non-hydrogen) atoms. The molecule has 1 aromatic carbocycles. The van der Waals surface area contributed by atoms with Crippen LogP contribution in [-0.2, 0) is 13.9 Å². The number of nitrogens with zero attached hydrogens (tertiary/aromatic N) is 1. The molecule has 1 aromatic heterocycles. The Kier molecular flexibility index (Phi) is 3.04. The van der Waals surface area contributed by atoms with Crippen LogP contribution >= 0.6 is 34.8 Å². The van der Waals surface area contributed by atoms with Crippen LogP contribution in [0.5, 0.6) is 0 Å². The van der Waals surface area contributed by atoms with Crippen molar-refractivity contribution in [1.82, 2.24) is 9.97 Å². The first-order valence-corrected chi connectivity index (χ1v) is 6.80. The number of hydrogen-bond acceptors (Lipinski definition) is 3. The van der Waals surface area contributed by atoms with Gasteiger partial charge in [-0.1, -0.05) is 34.8 Å². The van der Waals surface area contributed by atoms with Gasteiger partial charge in [-0.15, -0.1) is 0 Å². The van der Waals surface area contributed by atoms with Crippen molar-refractivity contribution in [3.05, 3.63) is 24.0 Å². The summed E-state index contributed by atoms with van der Waals surface area (Å²) in [7, 11) is -4.27. The van der Waals surface area contributed by atoms with E-state index < -0.39 is 13.9 Å². The molecule has 0 bridgehead atoms. The number of imidazole rings is 1. The Morgan fingerprint density at radius 1 is 1.29 bits per heavy atom. The SMILES string of the molecule is O=S(=O)(O)c1ccc2nc(C(Cl)(Cl)Cl)[nH]c2c1. The van der Waals surface area contributed by atoms with Crippen LogP contribution in [0.15, 0.2) is 23.1 Å². The molecule has 0 amide bonds. The van der Waals surface area contributed by atoms with Gasteiger partial charge in [0.2, 0.25) is 3.79 Å². The third-order valence-corrected chi connectivity index (χ3v) is 3.41. The molecule has 0 unspecified atom stereocenters. The molecular weight excluding hydrogens is 311 g/mol. The highest BCUT2D eigenvalue weighted by Crippen LogP contribution is 2.37. The molecule has 0 aliphatic heterocycles. The van der Waals surface area contributed by atoms with Gasteiger partial charge in [-0.05, 0) is 18.2 Å². The van der Waals surface area contributed by atoms with Crippen molar-refractivity contribution >= 4 is 56.0 Å². The van der Waals surface area contributed by atoms with Crippen molar-refractivity contribution in [2.45, 2.75) is 8.69 Å². The second-order valence-corrected chi connectivity index (χ2v) is 6.94. The number of hydrogen-bond donors (Lipinski definition) is 2. The van der Waals surface area contributed by atoms with Crippen molar-refractivity contribution in [2.24, 2.45) is 0 Å². The molecule has 2 rings (SSSR count). The Bertz CT molecular complexity index is 675. The fourth-order valence-electron chi connectivity index (χ4n) is 1.28. The van der Waals surface area contributed by atoms with Crippen LogP contribution in [0.2, 0.25) is 0 Å². The first-order chi connectivity index (χ1) is 7.68. The van der Waals surface area contributed by atoms with Gasteiger partial charge in [-0.2, -0.15) is 8.42 Å². The summed E-state index contributed by atoms with van der Waals surface area (Å²) in [6, 6.07) is 3.81. The van der Waals surface area contributed by atoms with Crippen molar-refractivity contribution in [2.75, 3.05) is 0 Å². The van der Waals surface area contributed by atoms with Gasteiger partial charge < -0.3 is 4.98 Å². The van der Waals surface area contributed by atoms with Crippen LogP contribution in [0.4, 0.5) is 0 Å². The van der Waals surface area contributed by atoms with Gasteiger partial charge in [0, 0.05) is 0 Å². The predicted octanol–water partition coefficient (Wildman–Crippen LogP) is 2.64. The summed E-state index contributed by atoms with van der Waals surface area (Å²) >= 11 is 16.9. The zero-order valence-corrected chi connectivity index (χ0v) is 11.1. The third-order valence-electron chi connectivity index (χ3n) is 2.02. The molecular formula is C8H5Cl3N2O3S. The molecule has 1 heterocycles. The predicted molar refractivity (Wildman–Crippen MR) is 65.1 cm³/mol.